The molecular formula is C64H46. The average molecular weight is 815 g/mol. The molecule has 13 rings (SSSR count). The Kier molecular flexibility index (Phi) is 7.80. The van der Waals surface area contributed by atoms with Crippen molar-refractivity contribution in [1.82, 2.24) is 0 Å². The van der Waals surface area contributed by atoms with Crippen molar-refractivity contribution in [3.8, 4) is 66.8 Å². The van der Waals surface area contributed by atoms with E-state index in [0.717, 1.165) is 0 Å². The normalized spacial score (nSPS) is 14.2. The van der Waals surface area contributed by atoms with Gasteiger partial charge in [-0.15, -0.1) is 0 Å². The highest BCUT2D eigenvalue weighted by Crippen LogP contribution is 2.58. The Morgan fingerprint density at radius 2 is 0.484 bits per heavy atom. The van der Waals surface area contributed by atoms with Crippen LogP contribution in [-0.2, 0) is 10.8 Å². The van der Waals surface area contributed by atoms with E-state index in [1.165, 1.54) is 132 Å². The van der Waals surface area contributed by atoms with E-state index in [9.17, 15) is 0 Å². The van der Waals surface area contributed by atoms with Gasteiger partial charge in [-0.25, -0.2) is 0 Å². The van der Waals surface area contributed by atoms with E-state index in [2.05, 4.69) is 234 Å². The molecule has 0 unspecified atom stereocenters. The molecule has 0 aliphatic heterocycles. The lowest BCUT2D eigenvalue weighted by Gasteiger charge is -2.26. The van der Waals surface area contributed by atoms with Gasteiger partial charge < -0.3 is 0 Å². The average Bonchev–Trinajstić information content (AvgIpc) is 3.70. The van der Waals surface area contributed by atoms with Crippen LogP contribution in [0, 0.1) is 0 Å². The fraction of sp³-hybridized carbons (Fsp3) is 0.0938. The van der Waals surface area contributed by atoms with Crippen molar-refractivity contribution in [3.05, 3.63) is 229 Å². The van der Waals surface area contributed by atoms with E-state index in [1.807, 2.05) is 0 Å². The summed E-state index contributed by atoms with van der Waals surface area (Å²) in [6.45, 7) is 9.74. The molecule has 0 N–H and O–H groups in total. The summed E-state index contributed by atoms with van der Waals surface area (Å²) in [4.78, 5) is 0. The van der Waals surface area contributed by atoms with Crippen LogP contribution in [0.25, 0.3) is 110 Å². The van der Waals surface area contributed by atoms with Gasteiger partial charge >= 0.3 is 0 Å². The van der Waals surface area contributed by atoms with Crippen molar-refractivity contribution in [1.29, 1.82) is 0 Å². The third kappa shape index (κ3) is 5.11. The highest BCUT2D eigenvalue weighted by atomic mass is 14.4. The quantitative estimate of drug-likeness (QED) is 0.155. The van der Waals surface area contributed by atoms with Crippen LogP contribution in [0.2, 0.25) is 0 Å². The van der Waals surface area contributed by atoms with Gasteiger partial charge in [0.25, 0.3) is 0 Å². The first-order chi connectivity index (χ1) is 31.3. The van der Waals surface area contributed by atoms with Gasteiger partial charge in [-0.1, -0.05) is 216 Å². The molecule has 64 heavy (non-hydrogen) atoms. The van der Waals surface area contributed by atoms with Crippen molar-refractivity contribution in [3.63, 3.8) is 0 Å². The molecule has 0 bridgehead atoms. The summed E-state index contributed by atoms with van der Waals surface area (Å²) in [5, 5.41) is 10.3. The van der Waals surface area contributed by atoms with Gasteiger partial charge in [-0.2, -0.15) is 0 Å². The lowest BCUT2D eigenvalue weighted by Crippen LogP contribution is -2.19. The fourth-order valence-corrected chi connectivity index (χ4v) is 12.0. The summed E-state index contributed by atoms with van der Waals surface area (Å²) >= 11 is 0. The third-order valence-corrected chi connectivity index (χ3v) is 15.0. The molecule has 2 aliphatic carbocycles. The molecule has 0 heterocycles. The molecular weight excluding hydrogens is 769 g/mol. The Morgan fingerprint density at radius 1 is 0.219 bits per heavy atom. The summed E-state index contributed by atoms with van der Waals surface area (Å²) in [5.41, 5.74) is 21.0. The molecule has 0 amide bonds. The second-order valence-electron chi connectivity index (χ2n) is 19.1. The summed E-state index contributed by atoms with van der Waals surface area (Å²) in [6, 6.07) is 77.5. The van der Waals surface area contributed by atoms with E-state index in [1.54, 1.807) is 0 Å². The lowest BCUT2D eigenvalue weighted by molar-refractivity contribution is 0.639. The van der Waals surface area contributed by atoms with E-state index in [-0.39, 0.29) is 10.8 Å². The van der Waals surface area contributed by atoms with Crippen molar-refractivity contribution < 1.29 is 0 Å². The van der Waals surface area contributed by atoms with Crippen LogP contribution in [0.5, 0.6) is 0 Å². The first-order valence-electron chi connectivity index (χ1n) is 22.8. The monoisotopic (exact) mass is 814 g/mol. The Balaban J connectivity index is 0.964. The van der Waals surface area contributed by atoms with Gasteiger partial charge in [-0.3, -0.25) is 0 Å². The van der Waals surface area contributed by atoms with E-state index < -0.39 is 0 Å². The second kappa shape index (κ2) is 13.5. The molecule has 0 aromatic heterocycles. The predicted molar refractivity (Wildman–Crippen MR) is 273 cm³/mol. The highest BCUT2D eigenvalue weighted by molar-refractivity contribution is 6.23. The molecule has 11 aromatic rings. The number of rotatable bonds is 4. The van der Waals surface area contributed by atoms with Crippen LogP contribution in [-0.4, -0.2) is 0 Å². The molecule has 0 fully saturated rings. The zero-order valence-corrected chi connectivity index (χ0v) is 36.6. The Morgan fingerprint density at radius 3 is 0.797 bits per heavy atom. The van der Waals surface area contributed by atoms with Crippen LogP contribution < -0.4 is 0 Å². The molecule has 0 spiro atoms. The van der Waals surface area contributed by atoms with Gasteiger partial charge in [0.15, 0.2) is 0 Å². The van der Waals surface area contributed by atoms with Gasteiger partial charge in [0.2, 0.25) is 0 Å². The Labute approximate surface area is 375 Å². The molecule has 0 heteroatoms. The molecule has 0 saturated carbocycles. The summed E-state index contributed by atoms with van der Waals surface area (Å²) in [7, 11) is 0. The van der Waals surface area contributed by atoms with E-state index in [4.69, 9.17) is 0 Å². The van der Waals surface area contributed by atoms with Crippen molar-refractivity contribution in [2.45, 2.75) is 38.5 Å². The lowest BCUT2D eigenvalue weighted by atomic mass is 9.77. The van der Waals surface area contributed by atoms with Gasteiger partial charge in [0.1, 0.15) is 0 Å². The van der Waals surface area contributed by atoms with Crippen LogP contribution in [0.1, 0.15) is 49.9 Å². The minimum absolute atomic E-state index is 0.181. The Bertz CT molecular complexity index is 3390. The smallest absolute Gasteiger partial charge is 0.0159 e. The van der Waals surface area contributed by atoms with Crippen molar-refractivity contribution in [2.24, 2.45) is 0 Å². The van der Waals surface area contributed by atoms with Crippen molar-refractivity contribution >= 4 is 43.1 Å². The Hall–Kier alpha value is -7.54. The fourth-order valence-electron chi connectivity index (χ4n) is 12.0. The predicted octanol–water partition coefficient (Wildman–Crippen LogP) is 17.6. The molecule has 2 aliphatic rings. The minimum Gasteiger partial charge on any atom is -0.0622 e. The zero-order chi connectivity index (χ0) is 42.9. The SMILES string of the molecule is CC1(C)c2cc(-c3c4ccccc4c(-c4ccccc4)c4ccccc34)ccc2-c2cc3c(cc21)C(C)(C)c1cc(-c2c4ccccc4c(-c4ccccc4)c4ccccc24)ccc1-3. The van der Waals surface area contributed by atoms with E-state index in [0.29, 0.717) is 0 Å². The van der Waals surface area contributed by atoms with Gasteiger partial charge in [0.05, 0.1) is 0 Å². The minimum atomic E-state index is -0.181. The van der Waals surface area contributed by atoms with E-state index >= 15 is 0 Å². The maximum absolute atomic E-state index is 2.57. The maximum atomic E-state index is 2.57. The maximum Gasteiger partial charge on any atom is 0.0159 e. The molecule has 0 nitrogen and oxygen atoms in total. The van der Waals surface area contributed by atoms with Crippen LogP contribution in [0.15, 0.2) is 206 Å². The van der Waals surface area contributed by atoms with Crippen LogP contribution in [0.4, 0.5) is 0 Å². The summed E-state index contributed by atoms with van der Waals surface area (Å²) in [5.74, 6) is 0. The standard InChI is InChI=1S/C64H46/c1-63(2)55-35-41(61-49-27-15-11-23-45(49)59(39-19-7-5-8-20-39)46-24-12-16-28-50(46)61)31-33-43(55)53-37-54-44-34-32-42(36-56(44)64(3,4)58(54)38-57(53)63)62-51-29-17-13-25-47(51)60(40-21-9-6-10-22-40)48-26-14-18-30-52(48)62/h5-38H,1-4H3. The summed E-state index contributed by atoms with van der Waals surface area (Å²) < 4.78 is 0. The number of fused-ring (bicyclic) bond motifs is 10. The van der Waals surface area contributed by atoms with Crippen molar-refractivity contribution in [2.75, 3.05) is 0 Å². The van der Waals surface area contributed by atoms with Gasteiger partial charge in [-0.05, 0) is 150 Å². The highest BCUT2D eigenvalue weighted by Gasteiger charge is 2.42. The summed E-state index contributed by atoms with van der Waals surface area (Å²) in [6.07, 6.45) is 0. The molecule has 11 aromatic carbocycles. The number of benzene rings is 11. The first kappa shape index (κ1) is 37.1. The largest absolute Gasteiger partial charge is 0.0622 e. The van der Waals surface area contributed by atoms with Crippen LogP contribution in [0.3, 0.4) is 0 Å². The zero-order valence-electron chi connectivity index (χ0n) is 36.6. The first-order valence-corrected chi connectivity index (χ1v) is 22.8. The topological polar surface area (TPSA) is 0 Å². The second-order valence-corrected chi connectivity index (χ2v) is 19.1. The van der Waals surface area contributed by atoms with Gasteiger partial charge in [0, 0.05) is 10.8 Å². The van der Waals surface area contributed by atoms with Crippen LogP contribution >= 0.6 is 0 Å². The molecule has 0 radical (unpaired) electrons. The molecule has 0 atom stereocenters. The molecule has 0 saturated heterocycles. The third-order valence-electron chi connectivity index (χ3n) is 15.0. The number of hydrogen-bond donors (Lipinski definition) is 0. The number of hydrogen-bond acceptors (Lipinski definition) is 0. The molecule has 302 valence electrons.